The van der Waals surface area contributed by atoms with Crippen molar-refractivity contribution in [3.05, 3.63) is 0 Å². The molecule has 0 spiro atoms. The first-order valence-electron chi connectivity index (χ1n) is 22.0. The van der Waals surface area contributed by atoms with Crippen LogP contribution < -0.4 is 0 Å². The van der Waals surface area contributed by atoms with Gasteiger partial charge in [0.15, 0.2) is 0 Å². The topological polar surface area (TPSA) is 111 Å². The number of rotatable bonds is 47. The van der Waals surface area contributed by atoms with Crippen molar-refractivity contribution in [2.45, 2.75) is 141 Å². The molecule has 10 atom stereocenters. The second-order valence-corrected chi connectivity index (χ2v) is 17.7. The summed E-state index contributed by atoms with van der Waals surface area (Å²) in [5.74, 6) is 4.44. The first-order valence-corrected chi connectivity index (χ1v) is 25.8. The summed E-state index contributed by atoms with van der Waals surface area (Å²) in [5, 5.41) is 0. The Hall–Kier alpha value is 1.62. The SMILES string of the molecule is CC(COCCCS)OCC(OC(C)COCCCS)C(OC(C)COCCCS)C(OC(C)COCCCS)C(COC(C)COCCCS)OC(C)COCCCS. The number of ether oxygens (including phenoxy) is 12. The fourth-order valence-electron chi connectivity index (χ4n) is 5.58. The third kappa shape index (κ3) is 35.8. The van der Waals surface area contributed by atoms with Crippen LogP contribution in [-0.2, 0) is 56.8 Å². The monoisotopic (exact) mass is 974 g/mol. The molecular formula is C42H86O12S6. The lowest BCUT2D eigenvalue weighted by atomic mass is 10.0. The van der Waals surface area contributed by atoms with E-state index in [2.05, 4.69) is 75.8 Å². The fraction of sp³-hybridized carbons (Fsp3) is 1.00. The van der Waals surface area contributed by atoms with E-state index in [0.29, 0.717) is 79.3 Å². The Labute approximate surface area is 398 Å². The Kier molecular flexibility index (Phi) is 45.7. The summed E-state index contributed by atoms with van der Waals surface area (Å²) in [7, 11) is 0. The molecule has 0 saturated carbocycles. The Morgan fingerprint density at radius 3 is 0.733 bits per heavy atom. The summed E-state index contributed by atoms with van der Waals surface area (Å²) in [6, 6.07) is 0. The molecule has 0 saturated heterocycles. The van der Waals surface area contributed by atoms with Gasteiger partial charge in [-0.1, -0.05) is 0 Å². The summed E-state index contributed by atoms with van der Waals surface area (Å²) < 4.78 is 76.7. The van der Waals surface area contributed by atoms with E-state index in [1.165, 1.54) is 0 Å². The lowest BCUT2D eigenvalue weighted by Gasteiger charge is -2.41. The molecule has 0 aromatic heterocycles. The molecule has 0 aliphatic heterocycles. The lowest BCUT2D eigenvalue weighted by molar-refractivity contribution is -0.243. The Balaban J connectivity index is 7.14. The van der Waals surface area contributed by atoms with Gasteiger partial charge in [0.2, 0.25) is 0 Å². The molecule has 0 heterocycles. The van der Waals surface area contributed by atoms with E-state index < -0.39 is 24.4 Å². The summed E-state index contributed by atoms with van der Waals surface area (Å²) in [6.45, 7) is 18.1. The maximum atomic E-state index is 7.04. The standard InChI is InChI=1S/C42H86O12S6/c1-33(25-43-13-7-19-55)49-31-39(51-35(3)27-45-15-9-21-57)41(53-37(5)29-47-17-11-23-59)42(54-38(6)30-48-18-12-24-60)40(52-36(4)28-46-16-10-22-58)32-50-34(2)26-44-14-8-20-56/h33-42,55-60H,7-32H2,1-6H3. The van der Waals surface area contributed by atoms with E-state index in [9.17, 15) is 0 Å². The number of thiol groups is 6. The van der Waals surface area contributed by atoms with Crippen LogP contribution in [0.3, 0.4) is 0 Å². The Morgan fingerprint density at radius 1 is 0.283 bits per heavy atom. The summed E-state index contributed by atoms with van der Waals surface area (Å²) in [5.41, 5.74) is 0. The predicted molar refractivity (Wildman–Crippen MR) is 264 cm³/mol. The molecule has 0 aliphatic rings. The molecule has 0 amide bonds. The van der Waals surface area contributed by atoms with Crippen LogP contribution in [0.2, 0.25) is 0 Å². The molecule has 10 unspecified atom stereocenters. The summed E-state index contributed by atoms with van der Waals surface area (Å²) in [4.78, 5) is 0. The average molecular weight is 976 g/mol. The zero-order valence-corrected chi connectivity index (χ0v) is 43.1. The van der Waals surface area contributed by atoms with E-state index in [1.807, 2.05) is 41.5 Å². The Morgan fingerprint density at radius 2 is 0.500 bits per heavy atom. The molecule has 0 rings (SSSR count). The van der Waals surface area contributed by atoms with E-state index in [-0.39, 0.29) is 49.8 Å². The van der Waals surface area contributed by atoms with Crippen LogP contribution >= 0.6 is 75.8 Å². The van der Waals surface area contributed by atoms with Gasteiger partial charge in [-0.05, 0) is 115 Å². The van der Waals surface area contributed by atoms with Gasteiger partial charge in [0.05, 0.1) is 89.5 Å². The third-order valence-corrected chi connectivity index (χ3v) is 10.4. The number of hydrogen-bond acceptors (Lipinski definition) is 18. The van der Waals surface area contributed by atoms with Gasteiger partial charge in [0.1, 0.15) is 24.4 Å². The van der Waals surface area contributed by atoms with Crippen LogP contribution in [0.4, 0.5) is 0 Å². The molecule has 0 N–H and O–H groups in total. The normalized spacial score (nSPS) is 17.2. The second kappa shape index (κ2) is 44.5. The average Bonchev–Trinajstić information content (AvgIpc) is 3.23. The first-order chi connectivity index (χ1) is 29.1. The smallest absolute Gasteiger partial charge is 0.115 e. The highest BCUT2D eigenvalue weighted by molar-refractivity contribution is 7.81. The van der Waals surface area contributed by atoms with Crippen LogP contribution in [0.1, 0.15) is 80.1 Å². The van der Waals surface area contributed by atoms with Crippen molar-refractivity contribution in [1.29, 1.82) is 0 Å². The van der Waals surface area contributed by atoms with E-state index >= 15 is 0 Å². The zero-order valence-electron chi connectivity index (χ0n) is 37.7. The van der Waals surface area contributed by atoms with Gasteiger partial charge in [-0.15, -0.1) is 0 Å². The number of hydrogen-bond donors (Lipinski definition) is 6. The zero-order chi connectivity index (χ0) is 44.6. The molecule has 12 nitrogen and oxygen atoms in total. The van der Waals surface area contributed by atoms with Crippen molar-refractivity contribution in [3.8, 4) is 0 Å². The maximum Gasteiger partial charge on any atom is 0.115 e. The Bertz CT molecular complexity index is 829. The quantitative estimate of drug-likeness (QED) is 0.0282. The van der Waals surface area contributed by atoms with Gasteiger partial charge < -0.3 is 56.8 Å². The van der Waals surface area contributed by atoms with Crippen LogP contribution in [0, 0.1) is 0 Å². The van der Waals surface area contributed by atoms with Gasteiger partial charge >= 0.3 is 0 Å². The highest BCUT2D eigenvalue weighted by Gasteiger charge is 2.42. The van der Waals surface area contributed by atoms with Crippen molar-refractivity contribution in [3.63, 3.8) is 0 Å². The minimum absolute atomic E-state index is 0.175. The lowest BCUT2D eigenvalue weighted by Crippen LogP contribution is -2.56. The van der Waals surface area contributed by atoms with Crippen LogP contribution in [0.5, 0.6) is 0 Å². The first kappa shape index (κ1) is 61.6. The van der Waals surface area contributed by atoms with E-state index in [4.69, 9.17) is 56.8 Å². The molecule has 18 heteroatoms. The van der Waals surface area contributed by atoms with E-state index in [1.54, 1.807) is 0 Å². The highest BCUT2D eigenvalue weighted by atomic mass is 32.1. The molecule has 0 fully saturated rings. The molecule has 0 aromatic rings. The van der Waals surface area contributed by atoms with Crippen molar-refractivity contribution >= 4 is 75.8 Å². The van der Waals surface area contributed by atoms with Crippen LogP contribution in [0.15, 0.2) is 0 Å². The van der Waals surface area contributed by atoms with Crippen molar-refractivity contribution < 1.29 is 56.8 Å². The third-order valence-electron chi connectivity index (χ3n) is 8.54. The fourth-order valence-corrected chi connectivity index (χ4v) is 6.35. The maximum absolute atomic E-state index is 7.04. The molecule has 362 valence electrons. The highest BCUT2D eigenvalue weighted by Crippen LogP contribution is 2.25. The van der Waals surface area contributed by atoms with Crippen molar-refractivity contribution in [2.75, 3.05) is 127 Å². The minimum Gasteiger partial charge on any atom is -0.379 e. The predicted octanol–water partition coefficient (Wildman–Crippen LogP) is 6.91. The largest absolute Gasteiger partial charge is 0.379 e. The van der Waals surface area contributed by atoms with E-state index in [0.717, 1.165) is 73.0 Å². The summed E-state index contributed by atoms with van der Waals surface area (Å²) >= 11 is 26.0. The van der Waals surface area contributed by atoms with Gasteiger partial charge in [0.25, 0.3) is 0 Å². The van der Waals surface area contributed by atoms with Gasteiger partial charge in [-0.2, -0.15) is 75.8 Å². The molecule has 60 heavy (non-hydrogen) atoms. The van der Waals surface area contributed by atoms with Crippen LogP contribution in [-0.4, -0.2) is 188 Å². The molecule has 0 aliphatic carbocycles. The molecular weight excluding hydrogens is 889 g/mol. The van der Waals surface area contributed by atoms with Crippen LogP contribution in [0.25, 0.3) is 0 Å². The van der Waals surface area contributed by atoms with Gasteiger partial charge in [-0.3, -0.25) is 0 Å². The molecule has 0 bridgehead atoms. The van der Waals surface area contributed by atoms with Gasteiger partial charge in [0, 0.05) is 39.6 Å². The minimum atomic E-state index is -0.738. The van der Waals surface area contributed by atoms with Crippen molar-refractivity contribution in [1.82, 2.24) is 0 Å². The van der Waals surface area contributed by atoms with Gasteiger partial charge in [-0.25, -0.2) is 0 Å². The summed E-state index contributed by atoms with van der Waals surface area (Å²) in [6.07, 6.45) is 0.443. The second-order valence-electron chi connectivity index (χ2n) is 15.0. The molecule has 0 radical (unpaired) electrons. The van der Waals surface area contributed by atoms with Crippen molar-refractivity contribution in [2.24, 2.45) is 0 Å². The molecule has 0 aromatic carbocycles.